The fraction of sp³-hybridized carbons (Fsp3) is 0.500. The van der Waals surface area contributed by atoms with E-state index < -0.39 is 0 Å². The zero-order valence-electron chi connectivity index (χ0n) is 11.0. The molecule has 4 heteroatoms. The van der Waals surface area contributed by atoms with Crippen LogP contribution in [0.1, 0.15) is 37.6 Å². The minimum atomic E-state index is 0.00870. The lowest BCUT2D eigenvalue weighted by Gasteiger charge is -2.31. The fourth-order valence-corrected chi connectivity index (χ4v) is 2.70. The Morgan fingerprint density at radius 1 is 1.44 bits per heavy atom. The number of hydrogen-bond donors (Lipinski definition) is 1. The SMILES string of the molecule is CC(C)(C)C(CCBr)NC(=O)c1cccc(I)c1. The molecule has 1 aromatic rings. The Labute approximate surface area is 131 Å². The highest BCUT2D eigenvalue weighted by atomic mass is 127. The molecule has 0 saturated carbocycles. The molecule has 0 bridgehead atoms. The van der Waals surface area contributed by atoms with E-state index in [0.29, 0.717) is 0 Å². The van der Waals surface area contributed by atoms with Crippen LogP contribution in [0.3, 0.4) is 0 Å². The lowest BCUT2D eigenvalue weighted by Crippen LogP contribution is -2.44. The lowest BCUT2D eigenvalue weighted by atomic mass is 9.85. The van der Waals surface area contributed by atoms with E-state index in [4.69, 9.17) is 0 Å². The molecule has 0 aromatic heterocycles. The van der Waals surface area contributed by atoms with Gasteiger partial charge in [-0.1, -0.05) is 42.8 Å². The second-order valence-corrected chi connectivity index (χ2v) is 7.42. The average molecular weight is 424 g/mol. The molecule has 2 nitrogen and oxygen atoms in total. The minimum absolute atomic E-state index is 0.00870. The van der Waals surface area contributed by atoms with Crippen molar-refractivity contribution >= 4 is 44.4 Å². The van der Waals surface area contributed by atoms with Crippen LogP contribution in [0.4, 0.5) is 0 Å². The van der Waals surface area contributed by atoms with Gasteiger partial charge in [-0.05, 0) is 52.6 Å². The highest BCUT2D eigenvalue weighted by Gasteiger charge is 2.25. The van der Waals surface area contributed by atoms with Gasteiger partial charge >= 0.3 is 0 Å². The van der Waals surface area contributed by atoms with E-state index in [9.17, 15) is 4.79 Å². The van der Waals surface area contributed by atoms with E-state index in [0.717, 1.165) is 20.9 Å². The molecular weight excluding hydrogens is 405 g/mol. The molecule has 0 heterocycles. The number of rotatable bonds is 4. The first-order valence-electron chi connectivity index (χ1n) is 5.97. The summed E-state index contributed by atoms with van der Waals surface area (Å²) in [6.45, 7) is 6.44. The van der Waals surface area contributed by atoms with E-state index in [-0.39, 0.29) is 17.4 Å². The molecule has 18 heavy (non-hydrogen) atoms. The summed E-state index contributed by atoms with van der Waals surface area (Å²) in [7, 11) is 0. The summed E-state index contributed by atoms with van der Waals surface area (Å²) in [5.74, 6) is 0.00870. The normalized spacial score (nSPS) is 13.2. The molecule has 1 aromatic carbocycles. The Hall–Kier alpha value is -0.100. The number of carbonyl (C=O) groups excluding carboxylic acids is 1. The molecule has 1 N–H and O–H groups in total. The van der Waals surface area contributed by atoms with Gasteiger partial charge in [0.25, 0.3) is 5.91 Å². The molecule has 1 rings (SSSR count). The van der Waals surface area contributed by atoms with Gasteiger partial charge in [0.15, 0.2) is 0 Å². The molecule has 0 aliphatic rings. The summed E-state index contributed by atoms with van der Waals surface area (Å²) < 4.78 is 1.08. The zero-order chi connectivity index (χ0) is 13.8. The number of halogens is 2. The van der Waals surface area contributed by atoms with Crippen LogP contribution in [-0.2, 0) is 0 Å². The standard InChI is InChI=1S/C14H19BrINO/c1-14(2,3)12(7-8-15)17-13(18)10-5-4-6-11(16)9-10/h4-6,9,12H,7-8H2,1-3H3,(H,17,18). The Morgan fingerprint density at radius 2 is 2.11 bits per heavy atom. The maximum absolute atomic E-state index is 12.2. The predicted molar refractivity (Wildman–Crippen MR) is 88.3 cm³/mol. The Kier molecular flexibility index (Phi) is 6.11. The molecule has 0 aliphatic heterocycles. The molecule has 0 saturated heterocycles. The van der Waals surface area contributed by atoms with Gasteiger partial charge in [0, 0.05) is 20.5 Å². The molecule has 0 radical (unpaired) electrons. The summed E-state index contributed by atoms with van der Waals surface area (Å²) >= 11 is 5.67. The summed E-state index contributed by atoms with van der Waals surface area (Å²) in [5.41, 5.74) is 0.788. The van der Waals surface area contributed by atoms with Crippen LogP contribution < -0.4 is 5.32 Å². The zero-order valence-corrected chi connectivity index (χ0v) is 14.7. The third-order valence-corrected chi connectivity index (χ3v) is 3.96. The highest BCUT2D eigenvalue weighted by molar-refractivity contribution is 14.1. The number of alkyl halides is 1. The van der Waals surface area contributed by atoms with Crippen LogP contribution in [0.2, 0.25) is 0 Å². The van der Waals surface area contributed by atoms with E-state index in [2.05, 4.69) is 64.6 Å². The van der Waals surface area contributed by atoms with Gasteiger partial charge in [-0.15, -0.1) is 0 Å². The largest absolute Gasteiger partial charge is 0.349 e. The quantitative estimate of drug-likeness (QED) is 0.570. The van der Waals surface area contributed by atoms with Crippen molar-refractivity contribution in [1.82, 2.24) is 5.32 Å². The fourth-order valence-electron chi connectivity index (χ4n) is 1.70. The van der Waals surface area contributed by atoms with Crippen molar-refractivity contribution in [2.24, 2.45) is 5.41 Å². The summed E-state index contributed by atoms with van der Waals surface area (Å²) in [6.07, 6.45) is 0.930. The van der Waals surface area contributed by atoms with E-state index >= 15 is 0 Å². The summed E-state index contributed by atoms with van der Waals surface area (Å²) in [6, 6.07) is 7.82. The predicted octanol–water partition coefficient (Wildman–Crippen LogP) is 4.22. The van der Waals surface area contributed by atoms with Crippen molar-refractivity contribution in [3.63, 3.8) is 0 Å². The topological polar surface area (TPSA) is 29.1 Å². The summed E-state index contributed by atoms with van der Waals surface area (Å²) in [5, 5.41) is 4.02. The van der Waals surface area contributed by atoms with Crippen LogP contribution in [0, 0.1) is 8.99 Å². The van der Waals surface area contributed by atoms with Crippen LogP contribution in [0.5, 0.6) is 0 Å². The molecular formula is C14H19BrINO. The molecule has 0 fully saturated rings. The van der Waals surface area contributed by atoms with Crippen LogP contribution in [0.15, 0.2) is 24.3 Å². The molecule has 100 valence electrons. The van der Waals surface area contributed by atoms with Gasteiger partial charge in [0.2, 0.25) is 0 Å². The first-order valence-corrected chi connectivity index (χ1v) is 8.17. The van der Waals surface area contributed by atoms with Gasteiger partial charge in [0.1, 0.15) is 0 Å². The first kappa shape index (κ1) is 16.0. The van der Waals surface area contributed by atoms with E-state index in [1.54, 1.807) is 0 Å². The van der Waals surface area contributed by atoms with Gasteiger partial charge in [-0.3, -0.25) is 4.79 Å². The van der Waals surface area contributed by atoms with Crippen LogP contribution >= 0.6 is 38.5 Å². The third-order valence-electron chi connectivity index (χ3n) is 2.84. The van der Waals surface area contributed by atoms with E-state index in [1.165, 1.54) is 0 Å². The van der Waals surface area contributed by atoms with Crippen molar-refractivity contribution in [3.05, 3.63) is 33.4 Å². The molecule has 1 atom stereocenters. The minimum Gasteiger partial charge on any atom is -0.349 e. The summed E-state index contributed by atoms with van der Waals surface area (Å²) in [4.78, 5) is 12.2. The molecule has 1 unspecified atom stereocenters. The second kappa shape index (κ2) is 6.89. The lowest BCUT2D eigenvalue weighted by molar-refractivity contribution is 0.0900. The second-order valence-electron chi connectivity index (χ2n) is 5.38. The number of benzene rings is 1. The Morgan fingerprint density at radius 3 is 2.61 bits per heavy atom. The molecule has 1 amide bonds. The van der Waals surface area contributed by atoms with Gasteiger partial charge in [0.05, 0.1) is 0 Å². The van der Waals surface area contributed by atoms with Gasteiger partial charge in [-0.2, -0.15) is 0 Å². The first-order chi connectivity index (χ1) is 8.34. The molecule has 0 aliphatic carbocycles. The monoisotopic (exact) mass is 423 g/mol. The van der Waals surface area contributed by atoms with Crippen molar-refractivity contribution in [1.29, 1.82) is 0 Å². The number of amides is 1. The highest BCUT2D eigenvalue weighted by Crippen LogP contribution is 2.23. The van der Waals surface area contributed by atoms with Crippen molar-refractivity contribution < 1.29 is 4.79 Å². The van der Waals surface area contributed by atoms with Crippen LogP contribution in [-0.4, -0.2) is 17.3 Å². The maximum Gasteiger partial charge on any atom is 0.251 e. The average Bonchev–Trinajstić information content (AvgIpc) is 2.27. The number of carbonyl (C=O) groups is 1. The Bertz CT molecular complexity index is 415. The van der Waals surface area contributed by atoms with Gasteiger partial charge in [-0.25, -0.2) is 0 Å². The Balaban J connectivity index is 2.79. The van der Waals surface area contributed by atoms with Gasteiger partial charge < -0.3 is 5.32 Å². The van der Waals surface area contributed by atoms with Crippen molar-refractivity contribution in [2.45, 2.75) is 33.2 Å². The molecule has 0 spiro atoms. The number of hydrogen-bond acceptors (Lipinski definition) is 1. The number of nitrogens with one attached hydrogen (secondary N) is 1. The van der Waals surface area contributed by atoms with Crippen LogP contribution in [0.25, 0.3) is 0 Å². The third kappa shape index (κ3) is 4.88. The van der Waals surface area contributed by atoms with Crippen molar-refractivity contribution in [2.75, 3.05) is 5.33 Å². The smallest absolute Gasteiger partial charge is 0.251 e. The van der Waals surface area contributed by atoms with E-state index in [1.807, 2.05) is 24.3 Å². The van der Waals surface area contributed by atoms with Crippen molar-refractivity contribution in [3.8, 4) is 0 Å². The maximum atomic E-state index is 12.2.